The number of nitrogens with one attached hydrogen (secondary N) is 1. The van der Waals surface area contributed by atoms with Crippen LogP contribution in [0.3, 0.4) is 0 Å². The van der Waals surface area contributed by atoms with Gasteiger partial charge < -0.3 is 9.84 Å². The third kappa shape index (κ3) is 5.04. The molecule has 1 saturated carbocycles. The normalized spacial score (nSPS) is 21.9. The number of hydrogen-bond donors (Lipinski definition) is 2. The zero-order chi connectivity index (χ0) is 13.3. The number of carboxylic acids is 1. The first-order valence-corrected chi connectivity index (χ1v) is 6.31. The lowest BCUT2D eigenvalue weighted by atomic mass is 9.94. The van der Waals surface area contributed by atoms with E-state index in [4.69, 9.17) is 4.74 Å². The second-order valence-electron chi connectivity index (χ2n) is 6.30. The van der Waals surface area contributed by atoms with E-state index in [1.807, 2.05) is 27.7 Å². The summed E-state index contributed by atoms with van der Waals surface area (Å²) in [5.74, 6) is -0.797. The molecule has 0 saturated heterocycles. The molecule has 4 heteroatoms. The zero-order valence-electron chi connectivity index (χ0n) is 11.5. The van der Waals surface area contributed by atoms with E-state index in [0.717, 1.165) is 12.8 Å². The maximum Gasteiger partial charge on any atom is 0.323 e. The molecule has 0 radical (unpaired) electrons. The van der Waals surface area contributed by atoms with Gasteiger partial charge in [-0.2, -0.15) is 0 Å². The first-order chi connectivity index (χ1) is 7.62. The molecule has 0 aromatic carbocycles. The molecule has 0 aliphatic heterocycles. The van der Waals surface area contributed by atoms with Crippen LogP contribution >= 0.6 is 0 Å². The van der Waals surface area contributed by atoms with E-state index in [1.165, 1.54) is 0 Å². The van der Waals surface area contributed by atoms with Crippen molar-refractivity contribution < 1.29 is 14.6 Å². The highest BCUT2D eigenvalue weighted by Crippen LogP contribution is 2.26. The van der Waals surface area contributed by atoms with Crippen LogP contribution in [0.15, 0.2) is 0 Å². The Hall–Kier alpha value is -0.610. The quantitative estimate of drug-likeness (QED) is 0.750. The highest BCUT2D eigenvalue weighted by atomic mass is 16.5. The molecule has 0 aromatic rings. The van der Waals surface area contributed by atoms with Crippen molar-refractivity contribution in [1.29, 1.82) is 0 Å². The fraction of sp³-hybridized carbons (Fsp3) is 0.923. The number of hydrogen-bond acceptors (Lipinski definition) is 3. The summed E-state index contributed by atoms with van der Waals surface area (Å²) in [6.07, 6.45) is 2.56. The molecule has 1 fully saturated rings. The largest absolute Gasteiger partial charge is 0.480 e. The van der Waals surface area contributed by atoms with Crippen molar-refractivity contribution >= 4 is 5.97 Å². The molecule has 4 nitrogen and oxygen atoms in total. The minimum Gasteiger partial charge on any atom is -0.480 e. The van der Waals surface area contributed by atoms with Crippen LogP contribution in [0.2, 0.25) is 0 Å². The lowest BCUT2D eigenvalue weighted by molar-refractivity contribution is -0.147. The monoisotopic (exact) mass is 243 g/mol. The van der Waals surface area contributed by atoms with Gasteiger partial charge >= 0.3 is 5.97 Å². The molecule has 0 spiro atoms. The molecule has 0 aromatic heterocycles. The van der Waals surface area contributed by atoms with Gasteiger partial charge in [0, 0.05) is 12.5 Å². The smallest absolute Gasteiger partial charge is 0.323 e. The summed E-state index contributed by atoms with van der Waals surface area (Å²) < 4.78 is 5.78. The first kappa shape index (κ1) is 14.5. The summed E-state index contributed by atoms with van der Waals surface area (Å²) in [7, 11) is 0. The summed E-state index contributed by atoms with van der Waals surface area (Å²) in [5.41, 5.74) is -1.12. The maximum absolute atomic E-state index is 11.4. The van der Waals surface area contributed by atoms with Crippen LogP contribution in [-0.2, 0) is 9.53 Å². The third-order valence-corrected chi connectivity index (χ3v) is 2.82. The van der Waals surface area contributed by atoms with Gasteiger partial charge in [0.25, 0.3) is 0 Å². The molecule has 2 atom stereocenters. The molecule has 2 unspecified atom stereocenters. The summed E-state index contributed by atoms with van der Waals surface area (Å²) >= 11 is 0. The van der Waals surface area contributed by atoms with Crippen molar-refractivity contribution in [2.24, 2.45) is 0 Å². The number of rotatable bonds is 6. The van der Waals surface area contributed by atoms with Gasteiger partial charge in [-0.05, 0) is 47.5 Å². The van der Waals surface area contributed by atoms with Crippen LogP contribution in [-0.4, -0.2) is 34.4 Å². The number of carbonyl (C=O) groups is 1. The molecular weight excluding hydrogens is 218 g/mol. The Kier molecular flexibility index (Phi) is 4.20. The van der Waals surface area contributed by atoms with Crippen LogP contribution < -0.4 is 5.32 Å². The fourth-order valence-electron chi connectivity index (χ4n) is 2.11. The van der Waals surface area contributed by atoms with Crippen molar-refractivity contribution in [3.63, 3.8) is 0 Å². The minimum atomic E-state index is -0.883. The molecule has 0 bridgehead atoms. The van der Waals surface area contributed by atoms with Crippen molar-refractivity contribution in [2.75, 3.05) is 0 Å². The molecule has 0 amide bonds. The van der Waals surface area contributed by atoms with Crippen LogP contribution in [0, 0.1) is 0 Å². The Morgan fingerprint density at radius 2 is 1.94 bits per heavy atom. The summed E-state index contributed by atoms with van der Waals surface area (Å²) in [5, 5.41) is 12.5. The molecule has 0 heterocycles. The number of ether oxygens (including phenoxy) is 1. The molecule has 17 heavy (non-hydrogen) atoms. The van der Waals surface area contributed by atoms with Gasteiger partial charge in [0.2, 0.25) is 0 Å². The summed E-state index contributed by atoms with van der Waals surface area (Å²) in [6.45, 7) is 9.62. The molecule has 1 aliphatic rings. The van der Waals surface area contributed by atoms with Crippen molar-refractivity contribution in [3.05, 3.63) is 0 Å². The van der Waals surface area contributed by atoms with Gasteiger partial charge in [0.1, 0.15) is 5.54 Å². The van der Waals surface area contributed by atoms with Crippen molar-refractivity contribution in [3.8, 4) is 0 Å². The SMILES string of the molecule is CC(CC(C)(NC1CC1)C(=O)O)OC(C)(C)C. The minimum absolute atomic E-state index is 0.0812. The van der Waals surface area contributed by atoms with E-state index in [1.54, 1.807) is 6.92 Å². The van der Waals surface area contributed by atoms with E-state index in [0.29, 0.717) is 12.5 Å². The molecule has 2 N–H and O–H groups in total. The van der Waals surface area contributed by atoms with Gasteiger partial charge in [-0.3, -0.25) is 10.1 Å². The van der Waals surface area contributed by atoms with Gasteiger partial charge in [-0.1, -0.05) is 0 Å². The predicted octanol–water partition coefficient (Wildman–Crippen LogP) is 2.18. The highest BCUT2D eigenvalue weighted by Gasteiger charge is 2.40. The summed E-state index contributed by atoms with van der Waals surface area (Å²) in [6, 6.07) is 0.373. The average molecular weight is 243 g/mol. The molecule has 1 aliphatic carbocycles. The average Bonchev–Trinajstić information content (AvgIpc) is 2.83. The van der Waals surface area contributed by atoms with Gasteiger partial charge in [0.15, 0.2) is 0 Å². The van der Waals surface area contributed by atoms with Crippen LogP contribution in [0.25, 0.3) is 0 Å². The highest BCUT2D eigenvalue weighted by molar-refractivity contribution is 5.78. The molecular formula is C13H25NO3. The van der Waals surface area contributed by atoms with Gasteiger partial charge in [-0.25, -0.2) is 0 Å². The Bertz CT molecular complexity index is 281. The Balaban J connectivity index is 2.56. The standard InChI is InChI=1S/C13H25NO3/c1-9(17-12(2,3)4)8-13(5,11(15)16)14-10-6-7-10/h9-10,14H,6-8H2,1-5H3,(H,15,16). The topological polar surface area (TPSA) is 58.6 Å². The Morgan fingerprint density at radius 3 is 2.29 bits per heavy atom. The van der Waals surface area contributed by atoms with Crippen LogP contribution in [0.1, 0.15) is 53.9 Å². The van der Waals surface area contributed by atoms with E-state index in [2.05, 4.69) is 5.32 Å². The van der Waals surface area contributed by atoms with Crippen molar-refractivity contribution in [1.82, 2.24) is 5.32 Å². The first-order valence-electron chi connectivity index (χ1n) is 6.31. The fourth-order valence-corrected chi connectivity index (χ4v) is 2.11. The lowest BCUT2D eigenvalue weighted by Gasteiger charge is -2.32. The Morgan fingerprint density at radius 1 is 1.41 bits per heavy atom. The van der Waals surface area contributed by atoms with Gasteiger partial charge in [0.05, 0.1) is 11.7 Å². The van der Waals surface area contributed by atoms with E-state index >= 15 is 0 Å². The second-order valence-corrected chi connectivity index (χ2v) is 6.30. The molecule has 100 valence electrons. The zero-order valence-corrected chi connectivity index (χ0v) is 11.5. The third-order valence-electron chi connectivity index (χ3n) is 2.82. The second kappa shape index (κ2) is 4.94. The number of aliphatic carboxylic acids is 1. The summed E-state index contributed by atoms with van der Waals surface area (Å²) in [4.78, 5) is 11.4. The van der Waals surface area contributed by atoms with Crippen LogP contribution in [0.5, 0.6) is 0 Å². The van der Waals surface area contributed by atoms with E-state index in [9.17, 15) is 9.90 Å². The maximum atomic E-state index is 11.4. The molecule has 1 rings (SSSR count). The predicted molar refractivity (Wildman–Crippen MR) is 67.1 cm³/mol. The van der Waals surface area contributed by atoms with Crippen molar-refractivity contribution in [2.45, 2.75) is 77.2 Å². The van der Waals surface area contributed by atoms with E-state index in [-0.39, 0.29) is 11.7 Å². The lowest BCUT2D eigenvalue weighted by Crippen LogP contribution is -2.53. The van der Waals surface area contributed by atoms with E-state index < -0.39 is 11.5 Å². The Labute approximate surface area is 104 Å². The number of carboxylic acid groups (broad SMARTS) is 1. The van der Waals surface area contributed by atoms with Crippen LogP contribution in [0.4, 0.5) is 0 Å². The van der Waals surface area contributed by atoms with Gasteiger partial charge in [-0.15, -0.1) is 0 Å².